The molecular formula is C14H24N4O2S. The average molecular weight is 312 g/mol. The van der Waals surface area contributed by atoms with Crippen LogP contribution in [0.25, 0.3) is 0 Å². The minimum absolute atomic E-state index is 0.205. The lowest BCUT2D eigenvalue weighted by Crippen LogP contribution is -2.35. The molecule has 1 aromatic rings. The molecule has 6 nitrogen and oxygen atoms in total. The molecule has 1 aromatic heterocycles. The summed E-state index contributed by atoms with van der Waals surface area (Å²) in [5.41, 5.74) is 1.25. The van der Waals surface area contributed by atoms with Gasteiger partial charge in [-0.05, 0) is 45.1 Å². The lowest BCUT2D eigenvalue weighted by molar-refractivity contribution is 0.388. The molecule has 1 heterocycles. The summed E-state index contributed by atoms with van der Waals surface area (Å²) in [7, 11) is -3.44. The van der Waals surface area contributed by atoms with Gasteiger partial charge >= 0.3 is 0 Å². The molecule has 21 heavy (non-hydrogen) atoms. The Labute approximate surface area is 126 Å². The van der Waals surface area contributed by atoms with Crippen LogP contribution in [0, 0.1) is 12.8 Å². The molecule has 2 saturated carbocycles. The molecule has 2 aliphatic rings. The van der Waals surface area contributed by atoms with Crippen LogP contribution < -0.4 is 5.32 Å². The fourth-order valence-electron chi connectivity index (χ4n) is 2.65. The van der Waals surface area contributed by atoms with Gasteiger partial charge in [0.15, 0.2) is 0 Å². The number of nitrogens with zero attached hydrogens (tertiary/aromatic N) is 2. The topological polar surface area (TPSA) is 78.1 Å². The van der Waals surface area contributed by atoms with E-state index in [0.717, 1.165) is 32.2 Å². The van der Waals surface area contributed by atoms with Crippen molar-refractivity contribution in [3.63, 3.8) is 0 Å². The smallest absolute Gasteiger partial charge is 0.247 e. The highest BCUT2D eigenvalue weighted by molar-refractivity contribution is 7.89. The molecule has 0 aliphatic heterocycles. The van der Waals surface area contributed by atoms with Crippen LogP contribution in [0.4, 0.5) is 0 Å². The number of aromatic amines is 1. The monoisotopic (exact) mass is 312 g/mol. The summed E-state index contributed by atoms with van der Waals surface area (Å²) in [4.78, 5) is 0.385. The Morgan fingerprint density at radius 2 is 2.05 bits per heavy atom. The standard InChI is InChI=1S/C14H24N4O2S/c1-3-15-8-13-14(10(2)16-17-13)21(19,20)18(12-6-7-12)9-11-4-5-11/h11-12,15H,3-9H2,1-2H3,(H,16,17). The summed E-state index contributed by atoms with van der Waals surface area (Å²) in [6.07, 6.45) is 4.30. The molecule has 2 fully saturated rings. The van der Waals surface area contributed by atoms with E-state index in [2.05, 4.69) is 15.5 Å². The lowest BCUT2D eigenvalue weighted by atomic mass is 10.3. The number of hydrogen-bond acceptors (Lipinski definition) is 4. The van der Waals surface area contributed by atoms with Gasteiger partial charge in [0, 0.05) is 19.1 Å². The molecule has 0 unspecified atom stereocenters. The number of sulfonamides is 1. The summed E-state index contributed by atoms with van der Waals surface area (Å²) < 4.78 is 27.9. The van der Waals surface area contributed by atoms with Gasteiger partial charge in [-0.2, -0.15) is 9.40 Å². The summed E-state index contributed by atoms with van der Waals surface area (Å²) in [5, 5.41) is 10.2. The molecule has 0 amide bonds. The van der Waals surface area contributed by atoms with Crippen LogP contribution in [0.15, 0.2) is 4.90 Å². The Morgan fingerprint density at radius 3 is 2.62 bits per heavy atom. The molecule has 7 heteroatoms. The van der Waals surface area contributed by atoms with Gasteiger partial charge in [-0.15, -0.1) is 0 Å². The van der Waals surface area contributed by atoms with Crippen LogP contribution in [0.2, 0.25) is 0 Å². The van der Waals surface area contributed by atoms with Crippen molar-refractivity contribution >= 4 is 10.0 Å². The molecule has 0 aromatic carbocycles. The molecule has 3 rings (SSSR count). The van der Waals surface area contributed by atoms with Crippen LogP contribution in [0.5, 0.6) is 0 Å². The van der Waals surface area contributed by atoms with Gasteiger partial charge < -0.3 is 5.32 Å². The first-order chi connectivity index (χ1) is 10.0. The van der Waals surface area contributed by atoms with Gasteiger partial charge in [-0.25, -0.2) is 8.42 Å². The van der Waals surface area contributed by atoms with Crippen molar-refractivity contribution in [2.75, 3.05) is 13.1 Å². The zero-order chi connectivity index (χ0) is 15.0. The molecule has 0 spiro atoms. The van der Waals surface area contributed by atoms with Crippen molar-refractivity contribution in [1.29, 1.82) is 0 Å². The van der Waals surface area contributed by atoms with E-state index in [-0.39, 0.29) is 6.04 Å². The van der Waals surface area contributed by atoms with E-state index < -0.39 is 10.0 Å². The third-order valence-corrected chi connectivity index (χ3v) is 6.28. The zero-order valence-electron chi connectivity index (χ0n) is 12.7. The van der Waals surface area contributed by atoms with Gasteiger partial charge in [-0.1, -0.05) is 6.92 Å². The first-order valence-corrected chi connectivity index (χ1v) is 9.24. The highest BCUT2D eigenvalue weighted by Gasteiger charge is 2.42. The third-order valence-electron chi connectivity index (χ3n) is 4.16. The van der Waals surface area contributed by atoms with E-state index in [4.69, 9.17) is 0 Å². The zero-order valence-corrected chi connectivity index (χ0v) is 13.5. The van der Waals surface area contributed by atoms with Gasteiger partial charge in [0.25, 0.3) is 0 Å². The van der Waals surface area contributed by atoms with Crippen molar-refractivity contribution < 1.29 is 8.42 Å². The number of hydrogen-bond donors (Lipinski definition) is 2. The number of aryl methyl sites for hydroxylation is 1. The van der Waals surface area contributed by atoms with Gasteiger partial charge in [0.2, 0.25) is 10.0 Å². The summed E-state index contributed by atoms with van der Waals surface area (Å²) in [6, 6.07) is 0.205. The van der Waals surface area contributed by atoms with Gasteiger partial charge in [-0.3, -0.25) is 5.10 Å². The Morgan fingerprint density at radius 1 is 1.33 bits per heavy atom. The third kappa shape index (κ3) is 3.14. The van der Waals surface area contributed by atoms with Crippen molar-refractivity contribution in [3.8, 4) is 0 Å². The number of H-pyrrole nitrogens is 1. The normalized spacial score (nSPS) is 19.4. The average Bonchev–Trinajstić information content (AvgIpc) is 3.32. The SMILES string of the molecule is CCNCc1n[nH]c(C)c1S(=O)(=O)N(CC1CC1)C1CC1. The largest absolute Gasteiger partial charge is 0.311 e. The molecule has 0 atom stereocenters. The second kappa shape index (κ2) is 5.70. The molecular weight excluding hydrogens is 288 g/mol. The Balaban J connectivity index is 1.90. The maximum Gasteiger partial charge on any atom is 0.247 e. The molecule has 0 bridgehead atoms. The second-order valence-corrected chi connectivity index (χ2v) is 7.98. The van der Waals surface area contributed by atoms with Crippen molar-refractivity contribution in [2.45, 2.75) is 57.0 Å². The molecule has 118 valence electrons. The van der Waals surface area contributed by atoms with E-state index in [1.54, 1.807) is 11.2 Å². The lowest BCUT2D eigenvalue weighted by Gasteiger charge is -2.22. The van der Waals surface area contributed by atoms with E-state index in [9.17, 15) is 8.42 Å². The number of rotatable bonds is 8. The predicted octanol–water partition coefficient (Wildman–Crippen LogP) is 1.39. The maximum absolute atomic E-state index is 13.1. The Hall–Kier alpha value is -0.920. The summed E-state index contributed by atoms with van der Waals surface area (Å²) in [5.74, 6) is 0.560. The van der Waals surface area contributed by atoms with E-state index in [0.29, 0.717) is 35.3 Å². The first-order valence-electron chi connectivity index (χ1n) is 7.80. The van der Waals surface area contributed by atoms with Crippen LogP contribution in [-0.2, 0) is 16.6 Å². The van der Waals surface area contributed by atoms with Gasteiger partial charge in [0.05, 0.1) is 11.4 Å². The summed E-state index contributed by atoms with van der Waals surface area (Å²) >= 11 is 0. The van der Waals surface area contributed by atoms with Crippen LogP contribution in [-0.4, -0.2) is 42.1 Å². The molecule has 2 N–H and O–H groups in total. The van der Waals surface area contributed by atoms with Crippen LogP contribution in [0.1, 0.15) is 44.0 Å². The second-order valence-electron chi connectivity index (χ2n) is 6.15. The fourth-order valence-corrected chi connectivity index (χ4v) is 4.75. The van der Waals surface area contributed by atoms with Crippen molar-refractivity contribution in [1.82, 2.24) is 19.8 Å². The Bertz CT molecular complexity index is 602. The highest BCUT2D eigenvalue weighted by atomic mass is 32.2. The molecule has 2 aliphatic carbocycles. The maximum atomic E-state index is 13.1. The minimum Gasteiger partial charge on any atom is -0.311 e. The number of aromatic nitrogens is 2. The van der Waals surface area contributed by atoms with Crippen molar-refractivity contribution in [2.24, 2.45) is 5.92 Å². The summed E-state index contributed by atoms with van der Waals surface area (Å²) in [6.45, 7) is 5.74. The molecule has 0 saturated heterocycles. The fraction of sp³-hybridized carbons (Fsp3) is 0.786. The van der Waals surface area contributed by atoms with E-state index in [1.807, 2.05) is 6.92 Å². The number of nitrogens with one attached hydrogen (secondary N) is 2. The highest BCUT2D eigenvalue weighted by Crippen LogP contribution is 2.38. The van der Waals surface area contributed by atoms with Gasteiger partial charge in [0.1, 0.15) is 4.90 Å². The van der Waals surface area contributed by atoms with Crippen LogP contribution in [0.3, 0.4) is 0 Å². The van der Waals surface area contributed by atoms with Crippen molar-refractivity contribution in [3.05, 3.63) is 11.4 Å². The Kier molecular flexibility index (Phi) is 4.07. The quantitative estimate of drug-likeness (QED) is 0.760. The minimum atomic E-state index is -3.44. The molecule has 0 radical (unpaired) electrons. The van der Waals surface area contributed by atoms with E-state index in [1.165, 1.54) is 0 Å². The van der Waals surface area contributed by atoms with E-state index >= 15 is 0 Å². The first kappa shape index (κ1) is 15.0. The predicted molar refractivity (Wildman–Crippen MR) is 80.3 cm³/mol. The van der Waals surface area contributed by atoms with Crippen LogP contribution >= 0.6 is 0 Å².